The Hall–Kier alpha value is 0.335. The van der Waals surface area contributed by atoms with Gasteiger partial charge in [0.2, 0.25) is 0 Å². The van der Waals surface area contributed by atoms with Gasteiger partial charge in [0.05, 0.1) is 0 Å². The van der Waals surface area contributed by atoms with Crippen molar-refractivity contribution in [1.82, 2.24) is 4.90 Å². The lowest BCUT2D eigenvalue weighted by Crippen LogP contribution is -2.34. The van der Waals surface area contributed by atoms with E-state index in [1.165, 1.54) is 33.0 Å². The molecule has 1 N–H and O–H groups in total. The highest BCUT2D eigenvalue weighted by atomic mass is 32.2. The number of nitrogens with zero attached hydrogens (tertiary/aromatic N) is 1. The van der Waals surface area contributed by atoms with Crippen LogP contribution in [0.3, 0.4) is 0 Å². The molecule has 1 heterocycles. The number of hydrogen-bond acceptors (Lipinski definition) is 3. The molecule has 86 valence electrons. The van der Waals surface area contributed by atoms with E-state index in [2.05, 4.69) is 25.7 Å². The second kappa shape index (κ2) is 4.30. The first-order valence-corrected chi connectivity index (χ1v) is 7.05. The van der Waals surface area contributed by atoms with Crippen LogP contribution in [-0.4, -0.2) is 41.2 Å². The molecule has 2 aliphatic rings. The van der Waals surface area contributed by atoms with E-state index in [-0.39, 0.29) is 5.56 Å². The average Bonchev–Trinajstić information content (AvgIpc) is 2.40. The third-order valence-electron chi connectivity index (χ3n) is 4.53. The van der Waals surface area contributed by atoms with Crippen LogP contribution in [0, 0.1) is 0 Å². The molecule has 2 nitrogen and oxygen atoms in total. The van der Waals surface area contributed by atoms with E-state index in [0.717, 1.165) is 0 Å². The summed E-state index contributed by atoms with van der Waals surface area (Å²) in [6, 6.07) is 0.610. The zero-order valence-electron chi connectivity index (χ0n) is 10.1. The third kappa shape index (κ3) is 2.22. The number of fused-ring (bicyclic) bond motifs is 1. The Morgan fingerprint density at radius 1 is 1.40 bits per heavy atom. The Morgan fingerprint density at radius 2 is 2.07 bits per heavy atom. The summed E-state index contributed by atoms with van der Waals surface area (Å²) in [7, 11) is 3.36. The molecule has 4 atom stereocenters. The van der Waals surface area contributed by atoms with Crippen molar-refractivity contribution in [2.24, 2.45) is 0 Å². The highest BCUT2D eigenvalue weighted by Crippen LogP contribution is 2.47. The van der Waals surface area contributed by atoms with Crippen molar-refractivity contribution in [1.29, 1.82) is 0 Å². The van der Waals surface area contributed by atoms with Crippen molar-refractivity contribution < 1.29 is 5.11 Å². The first kappa shape index (κ1) is 11.8. The van der Waals surface area contributed by atoms with Gasteiger partial charge in [-0.2, -0.15) is 0 Å². The average molecular weight is 227 g/mol. The summed E-state index contributed by atoms with van der Waals surface area (Å²) in [6.45, 7) is 4.74. The Balaban J connectivity index is 2.05. The van der Waals surface area contributed by atoms with E-state index in [0.29, 0.717) is 16.6 Å². The molecule has 0 bridgehead atoms. The van der Waals surface area contributed by atoms with Gasteiger partial charge in [0, 0.05) is 11.3 Å². The minimum atomic E-state index is -0.258. The summed E-state index contributed by atoms with van der Waals surface area (Å²) in [6.07, 6.45) is 5.19. The van der Waals surface area contributed by atoms with Gasteiger partial charge in [-0.05, 0) is 19.9 Å². The van der Waals surface area contributed by atoms with Gasteiger partial charge in [-0.15, -0.1) is 11.8 Å². The number of thioether (sulfide) groups is 1. The van der Waals surface area contributed by atoms with Crippen molar-refractivity contribution >= 4 is 19.0 Å². The van der Waals surface area contributed by atoms with Gasteiger partial charge in [0.25, 0.3) is 0 Å². The molecule has 0 aromatic heterocycles. The third-order valence-corrected chi connectivity index (χ3v) is 6.00. The van der Waals surface area contributed by atoms with Crippen LogP contribution in [0.4, 0.5) is 0 Å². The number of aliphatic hydroxyl groups excluding tert-OH is 1. The van der Waals surface area contributed by atoms with Crippen LogP contribution < -0.4 is 0 Å². The molecule has 0 amide bonds. The van der Waals surface area contributed by atoms with Crippen LogP contribution in [-0.2, 0) is 0 Å². The lowest BCUT2D eigenvalue weighted by atomic mass is 9.52. The number of aliphatic hydroxyl groups is 1. The molecule has 4 unspecified atom stereocenters. The normalized spacial score (nSPS) is 47.3. The van der Waals surface area contributed by atoms with Gasteiger partial charge < -0.3 is 5.11 Å². The molecule has 0 radical (unpaired) electrons. The molecule has 0 spiro atoms. The summed E-state index contributed by atoms with van der Waals surface area (Å²) < 4.78 is 0. The quantitative estimate of drug-likeness (QED) is 0.692. The zero-order chi connectivity index (χ0) is 11.1. The van der Waals surface area contributed by atoms with E-state index >= 15 is 0 Å². The van der Waals surface area contributed by atoms with Gasteiger partial charge in [-0.25, -0.2) is 0 Å². The largest absolute Gasteiger partial charge is 0.369 e. The predicted octanol–water partition coefficient (Wildman–Crippen LogP) is 1.92. The zero-order valence-corrected chi connectivity index (χ0v) is 10.9. The Morgan fingerprint density at radius 3 is 2.73 bits per heavy atom. The summed E-state index contributed by atoms with van der Waals surface area (Å²) in [5, 5.41) is 11.0. The molecule has 1 saturated carbocycles. The van der Waals surface area contributed by atoms with E-state index < -0.39 is 0 Å². The topological polar surface area (TPSA) is 23.5 Å². The summed E-state index contributed by atoms with van der Waals surface area (Å²) in [5.41, 5.74) is -0.258. The Labute approximate surface area is 98.0 Å². The van der Waals surface area contributed by atoms with Crippen molar-refractivity contribution in [3.8, 4) is 0 Å². The predicted molar refractivity (Wildman–Crippen MR) is 68.8 cm³/mol. The van der Waals surface area contributed by atoms with E-state index in [1.807, 2.05) is 0 Å². The Kier molecular flexibility index (Phi) is 3.39. The van der Waals surface area contributed by atoms with Crippen molar-refractivity contribution in [2.45, 2.75) is 61.6 Å². The maximum absolute atomic E-state index is 9.80. The van der Waals surface area contributed by atoms with Crippen LogP contribution in [0.25, 0.3) is 0 Å². The monoisotopic (exact) mass is 227 g/mol. The number of rotatable bonds is 1. The van der Waals surface area contributed by atoms with E-state index in [1.54, 1.807) is 11.8 Å². The fourth-order valence-corrected chi connectivity index (χ4v) is 4.31. The smallest absolute Gasteiger partial charge is 0.155 e. The molecule has 4 heteroatoms. The molecule has 0 aromatic carbocycles. The highest BCUT2D eigenvalue weighted by Gasteiger charge is 2.42. The summed E-state index contributed by atoms with van der Waals surface area (Å²) in [4.78, 5) is 2.16. The van der Waals surface area contributed by atoms with Gasteiger partial charge in [0.15, 0.2) is 5.56 Å². The maximum Gasteiger partial charge on any atom is 0.155 e. The van der Waals surface area contributed by atoms with Gasteiger partial charge in [-0.3, -0.25) is 4.90 Å². The van der Waals surface area contributed by atoms with E-state index in [9.17, 15) is 5.11 Å². The van der Waals surface area contributed by atoms with Gasteiger partial charge >= 0.3 is 0 Å². The minimum Gasteiger partial charge on any atom is -0.369 e. The molecule has 2 fully saturated rings. The standard InChI is InChI=1S/C11H22BNOS/c1-11(12-2)6-4-8-9(5-7-11)15-10(14)13(8)3/h8-10,12,14H,4-7H2,1-3H3. The van der Waals surface area contributed by atoms with Gasteiger partial charge in [0.1, 0.15) is 7.28 Å². The lowest BCUT2D eigenvalue weighted by molar-refractivity contribution is 0.0762. The fraction of sp³-hybridized carbons (Fsp3) is 1.00. The molecule has 0 aromatic rings. The summed E-state index contributed by atoms with van der Waals surface area (Å²) in [5.74, 6) is 0. The summed E-state index contributed by atoms with van der Waals surface area (Å²) >= 11 is 1.76. The minimum absolute atomic E-state index is 0.258. The highest BCUT2D eigenvalue weighted by molar-refractivity contribution is 8.00. The SMILES string of the molecule is CBC1(C)CCC2SC(O)N(C)C2CC1. The molecule has 2 rings (SSSR count). The molecule has 15 heavy (non-hydrogen) atoms. The van der Waals surface area contributed by atoms with Crippen LogP contribution in [0.15, 0.2) is 0 Å². The maximum atomic E-state index is 9.80. The van der Waals surface area contributed by atoms with Crippen molar-refractivity contribution in [3.63, 3.8) is 0 Å². The Bertz CT molecular complexity index is 241. The first-order chi connectivity index (χ1) is 7.06. The van der Waals surface area contributed by atoms with Crippen molar-refractivity contribution in [3.05, 3.63) is 0 Å². The molecular formula is C11H22BNOS. The molecule has 1 saturated heterocycles. The fourth-order valence-electron chi connectivity index (χ4n) is 2.88. The van der Waals surface area contributed by atoms with Crippen LogP contribution in [0.2, 0.25) is 12.1 Å². The second-order valence-corrected chi connectivity index (χ2v) is 6.77. The van der Waals surface area contributed by atoms with Crippen LogP contribution in [0.1, 0.15) is 32.6 Å². The van der Waals surface area contributed by atoms with E-state index in [4.69, 9.17) is 0 Å². The van der Waals surface area contributed by atoms with Crippen molar-refractivity contribution in [2.75, 3.05) is 7.05 Å². The van der Waals surface area contributed by atoms with Gasteiger partial charge in [-0.1, -0.05) is 31.9 Å². The van der Waals surface area contributed by atoms with Crippen LogP contribution in [0.5, 0.6) is 0 Å². The molecule has 1 aliphatic carbocycles. The number of hydrogen-bond donors (Lipinski definition) is 1. The molecular weight excluding hydrogens is 205 g/mol. The first-order valence-electron chi connectivity index (χ1n) is 6.11. The van der Waals surface area contributed by atoms with Crippen LogP contribution >= 0.6 is 11.8 Å². The second-order valence-electron chi connectivity index (χ2n) is 5.48. The lowest BCUT2D eigenvalue weighted by Gasteiger charge is -2.27. The molecule has 1 aliphatic heterocycles.